The number of rotatable bonds is 14. The molecule has 0 aliphatic rings. The molecule has 0 saturated heterocycles. The van der Waals surface area contributed by atoms with Crippen LogP contribution in [0.4, 0.5) is 0 Å². The fourth-order valence-corrected chi connectivity index (χ4v) is 4.11. The minimum atomic E-state index is 0.264. The van der Waals surface area contributed by atoms with Gasteiger partial charge in [0.15, 0.2) is 5.01 Å². The van der Waals surface area contributed by atoms with Crippen LogP contribution in [0.1, 0.15) is 90.5 Å². The minimum Gasteiger partial charge on any atom is -0.466 e. The van der Waals surface area contributed by atoms with Gasteiger partial charge in [-0.25, -0.2) is 0 Å². The molecule has 1 aromatic carbocycles. The van der Waals surface area contributed by atoms with Gasteiger partial charge in [0.05, 0.1) is 0 Å². The van der Waals surface area contributed by atoms with E-state index in [1.807, 2.05) is 0 Å². The van der Waals surface area contributed by atoms with E-state index in [0.29, 0.717) is 5.19 Å². The van der Waals surface area contributed by atoms with Crippen LogP contribution in [0.25, 0.3) is 10.6 Å². The molecule has 2 aromatic rings. The molecule has 0 unspecified atom stereocenters. The van der Waals surface area contributed by atoms with E-state index in [-0.39, 0.29) is 6.10 Å². The molecule has 150 valence electrons. The molecular formula is C23H36N2OS. The molecule has 0 spiro atoms. The standard InChI is InChI=1S/C23H36N2OS/c1-4-7-8-9-10-11-14-19-15-17-20(18-16-19)22-24-25-23(27-22)26-21(12-5-2)13-6-3/h15-18,21H,4-14H2,1-3H3. The molecule has 0 aliphatic carbocycles. The average molecular weight is 389 g/mol. The second kappa shape index (κ2) is 12.9. The third-order valence-corrected chi connectivity index (χ3v) is 5.78. The summed E-state index contributed by atoms with van der Waals surface area (Å²) in [6, 6.07) is 8.82. The minimum absolute atomic E-state index is 0.264. The van der Waals surface area contributed by atoms with Crippen LogP contribution in [0, 0.1) is 0 Å². The summed E-state index contributed by atoms with van der Waals surface area (Å²) in [6.45, 7) is 6.66. The van der Waals surface area contributed by atoms with Gasteiger partial charge in [0, 0.05) is 5.56 Å². The Hall–Kier alpha value is -1.42. The topological polar surface area (TPSA) is 35.0 Å². The molecule has 0 bridgehead atoms. The van der Waals surface area contributed by atoms with Crippen molar-refractivity contribution >= 4 is 11.3 Å². The smallest absolute Gasteiger partial charge is 0.294 e. The summed E-state index contributed by atoms with van der Waals surface area (Å²) in [6.07, 6.45) is 13.9. The monoisotopic (exact) mass is 388 g/mol. The van der Waals surface area contributed by atoms with Gasteiger partial charge in [-0.15, -0.1) is 5.10 Å². The Labute approximate surface area is 169 Å². The van der Waals surface area contributed by atoms with Crippen LogP contribution in [0.15, 0.2) is 24.3 Å². The Morgan fingerprint density at radius 2 is 1.48 bits per heavy atom. The van der Waals surface area contributed by atoms with Crippen molar-refractivity contribution in [2.24, 2.45) is 0 Å². The Bertz CT molecular complexity index is 618. The maximum Gasteiger partial charge on any atom is 0.294 e. The molecular weight excluding hydrogens is 352 g/mol. The summed E-state index contributed by atoms with van der Waals surface area (Å²) >= 11 is 1.56. The van der Waals surface area contributed by atoms with Gasteiger partial charge in [0.1, 0.15) is 6.10 Å². The van der Waals surface area contributed by atoms with Crippen LogP contribution in [0.3, 0.4) is 0 Å². The first-order valence-corrected chi connectivity index (χ1v) is 11.7. The predicted molar refractivity (Wildman–Crippen MR) is 117 cm³/mol. The molecule has 1 aromatic heterocycles. The summed E-state index contributed by atoms with van der Waals surface area (Å²) in [5, 5.41) is 10.2. The molecule has 27 heavy (non-hydrogen) atoms. The van der Waals surface area contributed by atoms with E-state index >= 15 is 0 Å². The number of hydrogen-bond acceptors (Lipinski definition) is 4. The molecule has 0 radical (unpaired) electrons. The van der Waals surface area contributed by atoms with E-state index in [2.05, 4.69) is 55.2 Å². The lowest BCUT2D eigenvalue weighted by Gasteiger charge is -2.14. The zero-order valence-electron chi connectivity index (χ0n) is 17.4. The zero-order valence-corrected chi connectivity index (χ0v) is 18.2. The molecule has 1 heterocycles. The molecule has 0 atom stereocenters. The van der Waals surface area contributed by atoms with Gasteiger partial charge in [0.2, 0.25) is 0 Å². The average Bonchev–Trinajstić information content (AvgIpc) is 3.14. The summed E-state index contributed by atoms with van der Waals surface area (Å²) < 4.78 is 6.06. The third kappa shape index (κ3) is 8.00. The maximum absolute atomic E-state index is 6.06. The van der Waals surface area contributed by atoms with Crippen molar-refractivity contribution in [3.05, 3.63) is 29.8 Å². The highest BCUT2D eigenvalue weighted by Gasteiger charge is 2.13. The highest BCUT2D eigenvalue weighted by atomic mass is 32.1. The number of ether oxygens (including phenoxy) is 1. The van der Waals surface area contributed by atoms with Gasteiger partial charge in [-0.1, -0.05) is 106 Å². The van der Waals surface area contributed by atoms with Gasteiger partial charge in [-0.2, -0.15) is 0 Å². The van der Waals surface area contributed by atoms with Crippen molar-refractivity contribution in [1.29, 1.82) is 0 Å². The Balaban J connectivity index is 1.83. The molecule has 0 fully saturated rings. The molecule has 0 saturated carbocycles. The van der Waals surface area contributed by atoms with Crippen LogP contribution in [-0.4, -0.2) is 16.3 Å². The van der Waals surface area contributed by atoms with Crippen molar-refractivity contribution in [2.75, 3.05) is 0 Å². The van der Waals surface area contributed by atoms with Crippen LogP contribution in [0.2, 0.25) is 0 Å². The first-order valence-electron chi connectivity index (χ1n) is 10.9. The predicted octanol–water partition coefficient (Wildman–Crippen LogP) is 7.46. The zero-order chi connectivity index (χ0) is 19.3. The Kier molecular flexibility index (Phi) is 10.4. The van der Waals surface area contributed by atoms with E-state index in [4.69, 9.17) is 4.74 Å². The summed E-state index contributed by atoms with van der Waals surface area (Å²) in [4.78, 5) is 0. The van der Waals surface area contributed by atoms with Crippen molar-refractivity contribution in [2.45, 2.75) is 97.5 Å². The van der Waals surface area contributed by atoms with Crippen LogP contribution >= 0.6 is 11.3 Å². The number of aromatic nitrogens is 2. The lowest BCUT2D eigenvalue weighted by molar-refractivity contribution is 0.177. The Morgan fingerprint density at radius 1 is 0.815 bits per heavy atom. The van der Waals surface area contributed by atoms with Crippen molar-refractivity contribution in [3.8, 4) is 15.8 Å². The van der Waals surface area contributed by atoms with Crippen LogP contribution in [-0.2, 0) is 6.42 Å². The normalized spacial score (nSPS) is 11.3. The van der Waals surface area contributed by atoms with E-state index in [0.717, 1.165) is 36.3 Å². The molecule has 0 N–H and O–H groups in total. The van der Waals surface area contributed by atoms with E-state index in [1.54, 1.807) is 11.3 Å². The van der Waals surface area contributed by atoms with Gasteiger partial charge in [-0.05, 0) is 31.2 Å². The number of benzene rings is 1. The van der Waals surface area contributed by atoms with Crippen molar-refractivity contribution in [1.82, 2.24) is 10.2 Å². The van der Waals surface area contributed by atoms with Gasteiger partial charge >= 0.3 is 0 Å². The summed E-state index contributed by atoms with van der Waals surface area (Å²) in [5.74, 6) is 0. The molecule has 4 heteroatoms. The number of nitrogens with zero attached hydrogens (tertiary/aromatic N) is 2. The molecule has 0 amide bonds. The van der Waals surface area contributed by atoms with Gasteiger partial charge < -0.3 is 4.74 Å². The van der Waals surface area contributed by atoms with E-state index < -0.39 is 0 Å². The highest BCUT2D eigenvalue weighted by Crippen LogP contribution is 2.29. The SMILES string of the molecule is CCCCCCCCc1ccc(-c2nnc(OC(CCC)CCC)s2)cc1. The second-order valence-electron chi connectivity index (χ2n) is 7.41. The number of unbranched alkanes of at least 4 members (excludes halogenated alkanes) is 5. The fraction of sp³-hybridized carbons (Fsp3) is 0.652. The highest BCUT2D eigenvalue weighted by molar-refractivity contribution is 7.16. The lowest BCUT2D eigenvalue weighted by atomic mass is 10.0. The first kappa shape index (κ1) is 21.9. The largest absolute Gasteiger partial charge is 0.466 e. The van der Waals surface area contributed by atoms with Crippen molar-refractivity contribution < 1.29 is 4.74 Å². The second-order valence-corrected chi connectivity index (χ2v) is 8.35. The number of aryl methyl sites for hydroxylation is 1. The summed E-state index contributed by atoms with van der Waals surface area (Å²) in [7, 11) is 0. The maximum atomic E-state index is 6.06. The van der Waals surface area contributed by atoms with Gasteiger partial charge in [0.25, 0.3) is 5.19 Å². The first-order chi connectivity index (χ1) is 13.3. The summed E-state index contributed by atoms with van der Waals surface area (Å²) in [5.41, 5.74) is 2.55. The fourth-order valence-electron chi connectivity index (χ4n) is 3.35. The van der Waals surface area contributed by atoms with Crippen molar-refractivity contribution in [3.63, 3.8) is 0 Å². The third-order valence-electron chi connectivity index (χ3n) is 4.92. The van der Waals surface area contributed by atoms with E-state index in [9.17, 15) is 0 Å². The Morgan fingerprint density at radius 3 is 2.15 bits per heavy atom. The number of hydrogen-bond donors (Lipinski definition) is 0. The van der Waals surface area contributed by atoms with Crippen LogP contribution < -0.4 is 4.74 Å². The molecule has 2 rings (SSSR count). The quantitative estimate of drug-likeness (QED) is 0.315. The molecule has 0 aliphatic heterocycles. The van der Waals surface area contributed by atoms with Crippen LogP contribution in [0.5, 0.6) is 5.19 Å². The molecule has 3 nitrogen and oxygen atoms in total. The lowest BCUT2D eigenvalue weighted by Crippen LogP contribution is -2.15. The van der Waals surface area contributed by atoms with E-state index in [1.165, 1.54) is 50.5 Å². The van der Waals surface area contributed by atoms with Gasteiger partial charge in [-0.3, -0.25) is 0 Å².